The van der Waals surface area contributed by atoms with Crippen LogP contribution in [0.15, 0.2) is 0 Å². The Kier molecular flexibility index (Phi) is 23.6. The SMILES string of the molecule is CC(C)(C)OC(=O)[C@@H](N)CCC(=O)O.NCCCCCC(=O)O.NCCCCCC(=O)O. The average molecular weight is 466 g/mol. The number of hydrogen-bond acceptors (Lipinski definition) is 8. The predicted molar refractivity (Wildman–Crippen MR) is 121 cm³/mol. The summed E-state index contributed by atoms with van der Waals surface area (Å²) in [4.78, 5) is 41.3. The van der Waals surface area contributed by atoms with E-state index in [4.69, 9.17) is 37.3 Å². The van der Waals surface area contributed by atoms with Crippen LogP contribution in [0.1, 0.15) is 85.0 Å². The number of ether oxygens (including phenoxy) is 1. The van der Waals surface area contributed by atoms with E-state index in [1.165, 1.54) is 0 Å². The van der Waals surface area contributed by atoms with Gasteiger partial charge in [0.15, 0.2) is 0 Å². The Morgan fingerprint density at radius 1 is 0.719 bits per heavy atom. The molecule has 11 heteroatoms. The summed E-state index contributed by atoms with van der Waals surface area (Å²) in [7, 11) is 0. The monoisotopic (exact) mass is 465 g/mol. The summed E-state index contributed by atoms with van der Waals surface area (Å²) in [6, 6.07) is -0.856. The van der Waals surface area contributed by atoms with Gasteiger partial charge in [-0.15, -0.1) is 0 Å². The van der Waals surface area contributed by atoms with Crippen LogP contribution in [0.5, 0.6) is 0 Å². The Bertz CT molecular complexity index is 500. The van der Waals surface area contributed by atoms with Crippen molar-refractivity contribution in [2.75, 3.05) is 13.1 Å². The molecule has 0 heterocycles. The average Bonchev–Trinajstić information content (AvgIpc) is 2.66. The molecule has 0 aromatic rings. The lowest BCUT2D eigenvalue weighted by Gasteiger charge is -2.21. The first kappa shape index (κ1) is 34.4. The van der Waals surface area contributed by atoms with Crippen LogP contribution in [0, 0.1) is 0 Å². The highest BCUT2D eigenvalue weighted by Gasteiger charge is 2.22. The normalized spacial score (nSPS) is 11.2. The van der Waals surface area contributed by atoms with E-state index < -0.39 is 35.5 Å². The van der Waals surface area contributed by atoms with Crippen molar-refractivity contribution in [3.63, 3.8) is 0 Å². The van der Waals surface area contributed by atoms with Crippen molar-refractivity contribution in [2.45, 2.75) is 96.6 Å². The van der Waals surface area contributed by atoms with Gasteiger partial charge in [0.1, 0.15) is 11.6 Å². The van der Waals surface area contributed by atoms with Crippen molar-refractivity contribution in [1.29, 1.82) is 0 Å². The number of hydrogen-bond donors (Lipinski definition) is 6. The summed E-state index contributed by atoms with van der Waals surface area (Å²) < 4.78 is 4.97. The summed E-state index contributed by atoms with van der Waals surface area (Å²) >= 11 is 0. The summed E-state index contributed by atoms with van der Waals surface area (Å²) in [5.41, 5.74) is 15.2. The molecule has 0 radical (unpaired) electrons. The number of carbonyl (C=O) groups is 4. The second-order valence-corrected chi connectivity index (χ2v) is 8.06. The van der Waals surface area contributed by atoms with Crippen molar-refractivity contribution in [3.05, 3.63) is 0 Å². The van der Waals surface area contributed by atoms with Crippen molar-refractivity contribution in [3.8, 4) is 0 Å². The zero-order valence-electron chi connectivity index (χ0n) is 19.7. The zero-order chi connectivity index (χ0) is 25.6. The molecule has 32 heavy (non-hydrogen) atoms. The lowest BCUT2D eigenvalue weighted by atomic mass is 10.1. The van der Waals surface area contributed by atoms with Gasteiger partial charge in [-0.3, -0.25) is 19.2 Å². The van der Waals surface area contributed by atoms with Gasteiger partial charge in [0.2, 0.25) is 0 Å². The van der Waals surface area contributed by atoms with E-state index >= 15 is 0 Å². The van der Waals surface area contributed by atoms with E-state index in [1.54, 1.807) is 20.8 Å². The second kappa shape index (κ2) is 22.0. The molecule has 0 unspecified atom stereocenters. The summed E-state index contributed by atoms with van der Waals surface area (Å²) in [5, 5.41) is 24.7. The molecule has 0 amide bonds. The maximum Gasteiger partial charge on any atom is 0.323 e. The number of carboxylic acids is 3. The Morgan fingerprint density at radius 2 is 1.09 bits per heavy atom. The van der Waals surface area contributed by atoms with Gasteiger partial charge < -0.3 is 37.3 Å². The molecule has 0 fully saturated rings. The molecule has 0 aromatic carbocycles. The predicted octanol–water partition coefficient (Wildman–Crippen LogP) is 1.70. The molecule has 0 rings (SSSR count). The number of unbranched alkanes of at least 4 members (excludes halogenated alkanes) is 4. The number of aliphatic carboxylic acids is 3. The Hall–Kier alpha value is -2.24. The van der Waals surface area contributed by atoms with Gasteiger partial charge >= 0.3 is 23.9 Å². The summed E-state index contributed by atoms with van der Waals surface area (Å²) in [6.07, 6.45) is 5.79. The molecule has 0 bridgehead atoms. The van der Waals surface area contributed by atoms with E-state index in [1.807, 2.05) is 0 Å². The van der Waals surface area contributed by atoms with E-state index in [2.05, 4.69) is 0 Å². The maximum absolute atomic E-state index is 11.2. The van der Waals surface area contributed by atoms with Crippen LogP contribution in [0.3, 0.4) is 0 Å². The van der Waals surface area contributed by atoms with Gasteiger partial charge in [-0.2, -0.15) is 0 Å². The van der Waals surface area contributed by atoms with Gasteiger partial charge in [-0.05, 0) is 66.0 Å². The number of esters is 1. The highest BCUT2D eigenvalue weighted by Crippen LogP contribution is 2.09. The van der Waals surface area contributed by atoms with Crippen LogP contribution >= 0.6 is 0 Å². The molecule has 0 saturated carbocycles. The molecule has 0 aliphatic heterocycles. The quantitative estimate of drug-likeness (QED) is 0.160. The minimum Gasteiger partial charge on any atom is -0.481 e. The fourth-order valence-corrected chi connectivity index (χ4v) is 1.97. The second-order valence-electron chi connectivity index (χ2n) is 8.06. The van der Waals surface area contributed by atoms with E-state index in [0.717, 1.165) is 38.5 Å². The molecule has 0 spiro atoms. The topological polar surface area (TPSA) is 216 Å². The third-order valence-corrected chi connectivity index (χ3v) is 3.57. The number of rotatable bonds is 14. The van der Waals surface area contributed by atoms with Gasteiger partial charge in [-0.25, -0.2) is 0 Å². The van der Waals surface area contributed by atoms with E-state index in [9.17, 15) is 19.2 Å². The van der Waals surface area contributed by atoms with E-state index in [0.29, 0.717) is 13.1 Å². The zero-order valence-corrected chi connectivity index (χ0v) is 19.7. The molecule has 9 N–H and O–H groups in total. The fraction of sp³-hybridized carbons (Fsp3) is 0.810. The highest BCUT2D eigenvalue weighted by atomic mass is 16.6. The lowest BCUT2D eigenvalue weighted by Crippen LogP contribution is -2.37. The minimum atomic E-state index is -0.969. The molecule has 11 nitrogen and oxygen atoms in total. The minimum absolute atomic E-state index is 0.101. The molecule has 1 atom stereocenters. The van der Waals surface area contributed by atoms with Crippen LogP contribution < -0.4 is 17.2 Å². The lowest BCUT2D eigenvalue weighted by molar-refractivity contribution is -0.156. The van der Waals surface area contributed by atoms with Crippen LogP contribution in [-0.4, -0.2) is 63.9 Å². The van der Waals surface area contributed by atoms with Crippen LogP contribution in [-0.2, 0) is 23.9 Å². The maximum atomic E-state index is 11.2. The largest absolute Gasteiger partial charge is 0.481 e. The van der Waals surface area contributed by atoms with Crippen molar-refractivity contribution < 1.29 is 39.2 Å². The van der Waals surface area contributed by atoms with E-state index in [-0.39, 0.29) is 25.7 Å². The van der Waals surface area contributed by atoms with Crippen LogP contribution in [0.4, 0.5) is 0 Å². The van der Waals surface area contributed by atoms with Gasteiger partial charge in [0.05, 0.1) is 0 Å². The smallest absolute Gasteiger partial charge is 0.323 e. The standard InChI is InChI=1S/C9H17NO4.2C6H13NO2/c1-9(2,3)14-8(13)6(10)4-5-7(11)12;2*7-5-3-1-2-4-6(8)9/h6H,4-5,10H2,1-3H3,(H,11,12);2*1-5,7H2,(H,8,9)/t6-;;/m0../s1. The molecular formula is C21H43N3O8. The Labute approximate surface area is 190 Å². The molecule has 0 saturated heterocycles. The van der Waals surface area contributed by atoms with Gasteiger partial charge in [-0.1, -0.05) is 12.8 Å². The molecule has 0 aromatic heterocycles. The molecule has 0 aliphatic carbocycles. The first-order valence-electron chi connectivity index (χ1n) is 10.8. The number of carbonyl (C=O) groups excluding carboxylic acids is 1. The Morgan fingerprint density at radius 3 is 1.38 bits per heavy atom. The number of nitrogens with two attached hydrogens (primary N) is 3. The highest BCUT2D eigenvalue weighted by molar-refractivity contribution is 5.77. The first-order chi connectivity index (χ1) is 14.8. The third kappa shape index (κ3) is 35.2. The fourth-order valence-electron chi connectivity index (χ4n) is 1.97. The van der Waals surface area contributed by atoms with Gasteiger partial charge in [0.25, 0.3) is 0 Å². The van der Waals surface area contributed by atoms with Crippen molar-refractivity contribution in [1.82, 2.24) is 0 Å². The van der Waals surface area contributed by atoms with Crippen LogP contribution in [0.2, 0.25) is 0 Å². The summed E-state index contributed by atoms with van der Waals surface area (Å²) in [5.74, 6) is -2.96. The van der Waals surface area contributed by atoms with Crippen molar-refractivity contribution in [2.24, 2.45) is 17.2 Å². The van der Waals surface area contributed by atoms with Crippen LogP contribution in [0.25, 0.3) is 0 Å². The van der Waals surface area contributed by atoms with Gasteiger partial charge in [0, 0.05) is 19.3 Å². The van der Waals surface area contributed by atoms with Crippen molar-refractivity contribution >= 4 is 23.9 Å². The third-order valence-electron chi connectivity index (χ3n) is 3.57. The molecular weight excluding hydrogens is 422 g/mol. The molecule has 0 aliphatic rings. The Balaban J connectivity index is -0.000000411. The molecule has 190 valence electrons. The number of carboxylic acid groups (broad SMARTS) is 3. The summed E-state index contributed by atoms with van der Waals surface area (Å²) in [6.45, 7) is 6.53. The first-order valence-corrected chi connectivity index (χ1v) is 10.8.